The number of para-hydroxylation sites is 1. The molecule has 0 aliphatic heterocycles. The average Bonchev–Trinajstić information content (AvgIpc) is 3.94. The van der Waals surface area contributed by atoms with Gasteiger partial charge < -0.3 is 4.42 Å². The van der Waals surface area contributed by atoms with Crippen LogP contribution >= 0.6 is 0 Å². The predicted molar refractivity (Wildman–Crippen MR) is 209 cm³/mol. The predicted octanol–water partition coefficient (Wildman–Crippen LogP) is 12.4. The normalized spacial score (nSPS) is 19.5. The number of aromatic nitrogens is 3. The first-order valence-electron chi connectivity index (χ1n) is 29.2. The summed E-state index contributed by atoms with van der Waals surface area (Å²) in [6.45, 7) is 0. The van der Waals surface area contributed by atoms with Crippen molar-refractivity contribution >= 4 is 43.5 Å². The van der Waals surface area contributed by atoms with Gasteiger partial charge in [-0.05, 0) is 68.0 Å². The molecule has 0 atom stereocenters. The standard InChI is InChI=1S/C47H29N3O/c1-2-13-30(14-3-1)32-17-10-18-33(29-32)45-48-46(50-47(49-45)41-24-12-26-43-44(41)40-22-8-9-25-42(40)51-43)39-28-27-38(36-20-6-7-21-37(36)39)35-23-11-16-31-15-4-5-19-34(31)35/h1-29H/i1D,2D,3D,4D,5D,6D,7D,8D,9D,10D,11D,12D,13D,14D,15D,16D,17D,18D,19D,20D,21D,22D,23D,24D,25D,26D,27D,28D,29D. The van der Waals surface area contributed by atoms with Crippen LogP contribution in [0.3, 0.4) is 0 Å². The highest BCUT2D eigenvalue weighted by molar-refractivity contribution is 6.12. The van der Waals surface area contributed by atoms with Gasteiger partial charge in [0.05, 0.1) is 39.8 Å². The molecule has 2 aromatic heterocycles. The fourth-order valence-electron chi connectivity index (χ4n) is 5.49. The molecule has 0 fully saturated rings. The molecule has 238 valence electrons. The molecule has 51 heavy (non-hydrogen) atoms. The molecule has 0 N–H and O–H groups in total. The Morgan fingerprint density at radius 1 is 0.353 bits per heavy atom. The highest BCUT2D eigenvalue weighted by Crippen LogP contribution is 2.40. The highest BCUT2D eigenvalue weighted by Gasteiger charge is 2.20. The van der Waals surface area contributed by atoms with E-state index in [1.165, 1.54) is 0 Å². The van der Waals surface area contributed by atoms with E-state index in [-0.39, 0.29) is 0 Å². The van der Waals surface area contributed by atoms with Crippen LogP contribution in [0.25, 0.3) is 99.9 Å². The summed E-state index contributed by atoms with van der Waals surface area (Å²) in [7, 11) is 0. The monoisotopic (exact) mass is 680 g/mol. The van der Waals surface area contributed by atoms with Crippen LogP contribution in [0.15, 0.2) is 180 Å². The summed E-state index contributed by atoms with van der Waals surface area (Å²) in [6.07, 6.45) is 0. The third-order valence-electron chi connectivity index (χ3n) is 7.69. The summed E-state index contributed by atoms with van der Waals surface area (Å²) in [5.74, 6) is -2.85. The first-order valence-corrected chi connectivity index (χ1v) is 14.7. The highest BCUT2D eigenvalue weighted by atomic mass is 16.3. The van der Waals surface area contributed by atoms with Crippen molar-refractivity contribution in [3.05, 3.63) is 175 Å². The zero-order valence-electron chi connectivity index (χ0n) is 54.2. The van der Waals surface area contributed by atoms with Crippen LogP contribution in [-0.4, -0.2) is 15.0 Å². The molecule has 0 spiro atoms. The molecule has 0 aliphatic rings. The Hall–Kier alpha value is -6.91. The lowest BCUT2D eigenvalue weighted by Gasteiger charge is -2.14. The molecular weight excluding hydrogens is 623 g/mol. The molecule has 2 heterocycles. The third-order valence-corrected chi connectivity index (χ3v) is 7.69. The Balaban J connectivity index is 1.46. The molecule has 0 bridgehead atoms. The van der Waals surface area contributed by atoms with E-state index in [0.717, 1.165) is 0 Å². The van der Waals surface area contributed by atoms with Crippen molar-refractivity contribution in [2.45, 2.75) is 0 Å². The van der Waals surface area contributed by atoms with Gasteiger partial charge in [0.2, 0.25) is 0 Å². The smallest absolute Gasteiger partial charge is 0.164 e. The van der Waals surface area contributed by atoms with Crippen molar-refractivity contribution in [2.24, 2.45) is 0 Å². The van der Waals surface area contributed by atoms with E-state index in [4.69, 9.17) is 34.6 Å². The maximum absolute atomic E-state index is 9.76. The van der Waals surface area contributed by atoms with Crippen molar-refractivity contribution in [1.82, 2.24) is 15.0 Å². The van der Waals surface area contributed by atoms with E-state index < -0.39 is 275 Å². The minimum atomic E-state index is -1.11. The molecule has 0 saturated carbocycles. The lowest BCUT2D eigenvalue weighted by Crippen LogP contribution is -2.01. The van der Waals surface area contributed by atoms with Gasteiger partial charge in [-0.3, -0.25) is 0 Å². The van der Waals surface area contributed by atoms with E-state index in [9.17, 15) is 9.60 Å². The molecule has 4 heteroatoms. The van der Waals surface area contributed by atoms with Crippen LogP contribution in [-0.2, 0) is 0 Å². The summed E-state index contributed by atoms with van der Waals surface area (Å²) in [5, 5.41) is -3.83. The molecule has 8 aromatic carbocycles. The van der Waals surface area contributed by atoms with Crippen LogP contribution < -0.4 is 0 Å². The Kier molecular flexibility index (Phi) is 2.83. The topological polar surface area (TPSA) is 51.8 Å². The number of rotatable bonds is 5. The van der Waals surface area contributed by atoms with Crippen LogP contribution in [0.5, 0.6) is 0 Å². The summed E-state index contributed by atoms with van der Waals surface area (Å²) in [5.41, 5.74) is -6.83. The lowest BCUT2D eigenvalue weighted by atomic mass is 9.92. The largest absolute Gasteiger partial charge is 0.456 e. The number of nitrogens with zero attached hydrogens (tertiary/aromatic N) is 3. The lowest BCUT2D eigenvalue weighted by molar-refractivity contribution is 0.669. The van der Waals surface area contributed by atoms with Gasteiger partial charge in [0, 0.05) is 27.5 Å². The van der Waals surface area contributed by atoms with Crippen LogP contribution in [0.4, 0.5) is 0 Å². The molecule has 0 radical (unpaired) electrons. The fraction of sp³-hybridized carbons (Fsp3) is 0. The quantitative estimate of drug-likeness (QED) is 0.182. The Bertz CT molecular complexity index is 4560. The van der Waals surface area contributed by atoms with Crippen LogP contribution in [0, 0.1) is 0 Å². The van der Waals surface area contributed by atoms with E-state index in [2.05, 4.69) is 15.0 Å². The van der Waals surface area contributed by atoms with Gasteiger partial charge >= 0.3 is 0 Å². The second-order valence-electron chi connectivity index (χ2n) is 10.6. The van der Waals surface area contributed by atoms with Gasteiger partial charge in [-0.2, -0.15) is 0 Å². The fourth-order valence-corrected chi connectivity index (χ4v) is 5.49. The first-order chi connectivity index (χ1) is 37.3. The average molecular weight is 681 g/mol. The molecule has 4 nitrogen and oxygen atoms in total. The number of hydrogen-bond acceptors (Lipinski definition) is 4. The summed E-state index contributed by atoms with van der Waals surface area (Å²) < 4.78 is 263. The third kappa shape index (κ3) is 4.96. The molecule has 10 aromatic rings. The Labute approximate surface area is 335 Å². The summed E-state index contributed by atoms with van der Waals surface area (Å²) in [6, 6.07) is -27.3. The van der Waals surface area contributed by atoms with Crippen molar-refractivity contribution in [3.63, 3.8) is 0 Å². The van der Waals surface area contributed by atoms with Gasteiger partial charge in [0.25, 0.3) is 0 Å². The Morgan fingerprint density at radius 3 is 1.75 bits per heavy atom. The summed E-state index contributed by atoms with van der Waals surface area (Å²) >= 11 is 0. The van der Waals surface area contributed by atoms with Gasteiger partial charge in [-0.25, -0.2) is 15.0 Å². The number of benzene rings is 8. The molecule has 0 saturated heterocycles. The second kappa shape index (κ2) is 11.9. The molecule has 10 rings (SSSR count). The van der Waals surface area contributed by atoms with Crippen LogP contribution in [0.2, 0.25) is 0 Å². The van der Waals surface area contributed by atoms with E-state index in [1.807, 2.05) is 0 Å². The number of fused-ring (bicyclic) bond motifs is 5. The summed E-state index contributed by atoms with van der Waals surface area (Å²) in [4.78, 5) is 13.4. The van der Waals surface area contributed by atoms with Crippen molar-refractivity contribution in [2.75, 3.05) is 0 Å². The molecule has 0 amide bonds. The zero-order valence-corrected chi connectivity index (χ0v) is 25.2. The van der Waals surface area contributed by atoms with E-state index >= 15 is 0 Å². The van der Waals surface area contributed by atoms with Gasteiger partial charge in [0.1, 0.15) is 11.2 Å². The zero-order chi connectivity index (χ0) is 59.0. The first kappa shape index (κ1) is 12.1. The number of hydrogen-bond donors (Lipinski definition) is 0. The molecule has 0 unspecified atom stereocenters. The van der Waals surface area contributed by atoms with E-state index in [0.29, 0.717) is 0 Å². The SMILES string of the molecule is [2H]c1c([2H])c([2H])c(-c2c([2H])c([2H])c([2H])c(-c3nc(-c4c([2H])c([2H])c(-c5c([2H])c([2H])c([2H])c6c([2H])c([2H])c([2H])c([2H])c56)c5c([2H])c([2H])c([2H])c([2H])c45)nc(-c4c([2H])c([2H])c([2H])c5oc6c([2H])c([2H])c([2H])c([2H])c6c45)n3)c2[2H])c([2H])c1[2H]. The molecular formula is C47H29N3O. The minimum Gasteiger partial charge on any atom is -0.456 e. The maximum atomic E-state index is 9.76. The maximum Gasteiger partial charge on any atom is 0.164 e. The van der Waals surface area contributed by atoms with Gasteiger partial charge in [-0.1, -0.05) is 151 Å². The minimum absolute atomic E-state index is 0.494. The van der Waals surface area contributed by atoms with Crippen molar-refractivity contribution in [1.29, 1.82) is 0 Å². The van der Waals surface area contributed by atoms with Crippen LogP contribution in [0.1, 0.15) is 39.8 Å². The van der Waals surface area contributed by atoms with E-state index in [1.54, 1.807) is 0 Å². The number of furan rings is 1. The van der Waals surface area contributed by atoms with Gasteiger partial charge in [-0.15, -0.1) is 0 Å². The van der Waals surface area contributed by atoms with Crippen molar-refractivity contribution < 1.29 is 44.2 Å². The van der Waals surface area contributed by atoms with Crippen molar-refractivity contribution in [3.8, 4) is 56.4 Å². The molecule has 0 aliphatic carbocycles. The second-order valence-corrected chi connectivity index (χ2v) is 10.6. The van der Waals surface area contributed by atoms with Gasteiger partial charge in [0.15, 0.2) is 17.5 Å². The Morgan fingerprint density at radius 2 is 0.882 bits per heavy atom.